The Morgan fingerprint density at radius 3 is 2.62 bits per heavy atom. The molecule has 1 aliphatic heterocycles. The number of fused-ring (bicyclic) bond motifs is 1. The fourth-order valence-corrected chi connectivity index (χ4v) is 2.49. The molecule has 0 saturated carbocycles. The first-order valence-corrected chi connectivity index (χ1v) is 6.30. The van der Waals surface area contributed by atoms with Crippen LogP contribution in [0.25, 0.3) is 0 Å². The summed E-state index contributed by atoms with van der Waals surface area (Å²) in [4.78, 5) is 1.86. The summed E-state index contributed by atoms with van der Waals surface area (Å²) in [6.07, 6.45) is 0. The number of likely N-dealkylation sites (N-methyl/N-ethyl adjacent to an activating group) is 1. The summed E-state index contributed by atoms with van der Waals surface area (Å²) in [6, 6.07) is 4.59. The lowest BCUT2D eigenvalue weighted by molar-refractivity contribution is 0.483. The maximum atomic E-state index is 11.0. The standard InChI is InChI=1S/C11H13NO3S/c1-7-8(2)12(3)11-5-4-9(6-10(7)11)16(13,14)15/h4-7H,2H2,1,3H3,(H,13,14,15). The van der Waals surface area contributed by atoms with Gasteiger partial charge in [0.1, 0.15) is 0 Å². The molecule has 1 heterocycles. The van der Waals surface area contributed by atoms with Crippen molar-refractivity contribution in [2.24, 2.45) is 0 Å². The van der Waals surface area contributed by atoms with E-state index in [4.69, 9.17) is 4.55 Å². The number of hydrogen-bond donors (Lipinski definition) is 1. The maximum absolute atomic E-state index is 11.0. The summed E-state index contributed by atoms with van der Waals surface area (Å²) in [5.74, 6) is 0.0710. The highest BCUT2D eigenvalue weighted by atomic mass is 32.2. The van der Waals surface area contributed by atoms with Crippen LogP contribution >= 0.6 is 0 Å². The normalized spacial score (nSPS) is 20.1. The fourth-order valence-electron chi connectivity index (χ4n) is 1.97. The lowest BCUT2D eigenvalue weighted by Crippen LogP contribution is -2.10. The summed E-state index contributed by atoms with van der Waals surface area (Å²) in [7, 11) is -2.24. The third-order valence-electron chi connectivity index (χ3n) is 3.06. The summed E-state index contributed by atoms with van der Waals surface area (Å²) in [6.45, 7) is 5.89. The lowest BCUT2D eigenvalue weighted by Gasteiger charge is -2.14. The van der Waals surface area contributed by atoms with Crippen LogP contribution in [-0.4, -0.2) is 20.0 Å². The van der Waals surface area contributed by atoms with Crippen LogP contribution in [0, 0.1) is 0 Å². The van der Waals surface area contributed by atoms with E-state index in [-0.39, 0.29) is 10.8 Å². The summed E-state index contributed by atoms with van der Waals surface area (Å²) in [5, 5.41) is 0. The van der Waals surface area contributed by atoms with Gasteiger partial charge in [-0.1, -0.05) is 13.5 Å². The molecule has 0 aliphatic carbocycles. The van der Waals surface area contributed by atoms with Crippen LogP contribution in [0.1, 0.15) is 18.4 Å². The molecule has 0 radical (unpaired) electrons. The molecule has 1 aromatic rings. The van der Waals surface area contributed by atoms with Crippen LogP contribution in [0.4, 0.5) is 5.69 Å². The monoisotopic (exact) mass is 239 g/mol. The van der Waals surface area contributed by atoms with E-state index in [0.717, 1.165) is 16.9 Å². The van der Waals surface area contributed by atoms with Gasteiger partial charge >= 0.3 is 0 Å². The molecule has 1 N–H and O–H groups in total. The number of benzene rings is 1. The van der Waals surface area contributed by atoms with Crippen LogP contribution in [-0.2, 0) is 10.1 Å². The Kier molecular flexibility index (Phi) is 2.32. The van der Waals surface area contributed by atoms with E-state index in [2.05, 4.69) is 6.58 Å². The third kappa shape index (κ3) is 1.52. The van der Waals surface area contributed by atoms with Crippen molar-refractivity contribution in [1.29, 1.82) is 0 Å². The van der Waals surface area contributed by atoms with Crippen molar-refractivity contribution < 1.29 is 13.0 Å². The van der Waals surface area contributed by atoms with E-state index < -0.39 is 10.1 Å². The zero-order valence-corrected chi connectivity index (χ0v) is 9.95. The predicted molar refractivity (Wildman–Crippen MR) is 62.2 cm³/mol. The molecule has 0 spiro atoms. The molecule has 1 aromatic carbocycles. The minimum Gasteiger partial charge on any atom is -0.348 e. The number of rotatable bonds is 1. The lowest BCUT2D eigenvalue weighted by atomic mass is 10.0. The first-order chi connectivity index (χ1) is 7.32. The number of hydrogen-bond acceptors (Lipinski definition) is 3. The summed E-state index contributed by atoms with van der Waals surface area (Å²) < 4.78 is 31.0. The topological polar surface area (TPSA) is 57.6 Å². The zero-order valence-electron chi connectivity index (χ0n) is 9.14. The first kappa shape index (κ1) is 11.2. The third-order valence-corrected chi connectivity index (χ3v) is 3.91. The zero-order chi connectivity index (χ0) is 12.1. The smallest absolute Gasteiger partial charge is 0.294 e. The van der Waals surface area contributed by atoms with Gasteiger partial charge in [0.15, 0.2) is 0 Å². The second-order valence-corrected chi connectivity index (χ2v) is 5.39. The van der Waals surface area contributed by atoms with Crippen molar-refractivity contribution >= 4 is 15.8 Å². The molecule has 86 valence electrons. The van der Waals surface area contributed by atoms with Gasteiger partial charge in [0.05, 0.1) is 4.90 Å². The van der Waals surface area contributed by atoms with Gasteiger partial charge in [-0.05, 0) is 23.8 Å². The highest BCUT2D eigenvalue weighted by Crippen LogP contribution is 2.42. The quantitative estimate of drug-likeness (QED) is 0.761. The first-order valence-electron chi connectivity index (χ1n) is 4.86. The Bertz CT molecular complexity index is 563. The summed E-state index contributed by atoms with van der Waals surface area (Å²) in [5.41, 5.74) is 2.73. The second kappa shape index (κ2) is 3.33. The van der Waals surface area contributed by atoms with Crippen molar-refractivity contribution in [1.82, 2.24) is 0 Å². The Balaban J connectivity index is 2.62. The number of allylic oxidation sites excluding steroid dienone is 1. The SMILES string of the molecule is C=C1C(C)c2cc(S(=O)(=O)O)ccc2N1C. The van der Waals surface area contributed by atoms with Crippen LogP contribution in [0.2, 0.25) is 0 Å². The largest absolute Gasteiger partial charge is 0.348 e. The van der Waals surface area contributed by atoms with Crippen LogP contribution < -0.4 is 4.90 Å². The minimum atomic E-state index is -4.13. The number of nitrogens with zero attached hydrogens (tertiary/aromatic N) is 1. The number of anilines is 1. The van der Waals surface area contributed by atoms with E-state index in [0.29, 0.717) is 0 Å². The van der Waals surface area contributed by atoms with Crippen LogP contribution in [0.5, 0.6) is 0 Å². The van der Waals surface area contributed by atoms with E-state index in [1.54, 1.807) is 6.07 Å². The van der Waals surface area contributed by atoms with Crippen molar-refractivity contribution in [3.8, 4) is 0 Å². The van der Waals surface area contributed by atoms with Crippen LogP contribution in [0.15, 0.2) is 35.4 Å². The molecule has 0 saturated heterocycles. The molecule has 1 aliphatic rings. The van der Waals surface area contributed by atoms with Crippen molar-refractivity contribution in [2.75, 3.05) is 11.9 Å². The maximum Gasteiger partial charge on any atom is 0.294 e. The predicted octanol–water partition coefficient (Wildman–Crippen LogP) is 2.00. The summed E-state index contributed by atoms with van der Waals surface area (Å²) >= 11 is 0. The Morgan fingerprint density at radius 1 is 1.44 bits per heavy atom. The van der Waals surface area contributed by atoms with Gasteiger partial charge in [0, 0.05) is 24.4 Å². The molecule has 1 unspecified atom stereocenters. The Morgan fingerprint density at radius 2 is 2.06 bits per heavy atom. The highest BCUT2D eigenvalue weighted by molar-refractivity contribution is 7.85. The van der Waals surface area contributed by atoms with Crippen LogP contribution in [0.3, 0.4) is 0 Å². The second-order valence-electron chi connectivity index (χ2n) is 3.97. The van der Waals surface area contributed by atoms with Crippen molar-refractivity contribution in [2.45, 2.75) is 17.7 Å². The molecule has 2 rings (SSSR count). The molecular formula is C11H13NO3S. The highest BCUT2D eigenvalue weighted by Gasteiger charge is 2.28. The Hall–Kier alpha value is -1.33. The van der Waals surface area contributed by atoms with Gasteiger partial charge < -0.3 is 4.90 Å². The van der Waals surface area contributed by atoms with E-state index in [1.165, 1.54) is 12.1 Å². The van der Waals surface area contributed by atoms with Gasteiger partial charge in [-0.15, -0.1) is 0 Å². The molecule has 5 heteroatoms. The minimum absolute atomic E-state index is 0.0683. The van der Waals surface area contributed by atoms with E-state index >= 15 is 0 Å². The molecule has 16 heavy (non-hydrogen) atoms. The molecular weight excluding hydrogens is 226 g/mol. The van der Waals surface area contributed by atoms with Crippen molar-refractivity contribution in [3.63, 3.8) is 0 Å². The van der Waals surface area contributed by atoms with Gasteiger partial charge in [0.2, 0.25) is 0 Å². The molecule has 0 amide bonds. The average Bonchev–Trinajstić information content (AvgIpc) is 2.43. The van der Waals surface area contributed by atoms with E-state index in [1.807, 2.05) is 18.9 Å². The van der Waals surface area contributed by atoms with Gasteiger partial charge in [-0.25, -0.2) is 0 Å². The molecule has 1 atom stereocenters. The molecule has 0 bridgehead atoms. The van der Waals surface area contributed by atoms with E-state index in [9.17, 15) is 8.42 Å². The molecule has 0 aromatic heterocycles. The van der Waals surface area contributed by atoms with Crippen molar-refractivity contribution in [3.05, 3.63) is 36.0 Å². The molecule has 0 fully saturated rings. The Labute approximate surface area is 94.9 Å². The van der Waals surface area contributed by atoms with Gasteiger partial charge in [0.25, 0.3) is 10.1 Å². The van der Waals surface area contributed by atoms with Gasteiger partial charge in [-0.2, -0.15) is 8.42 Å². The molecule has 4 nitrogen and oxygen atoms in total. The van der Waals surface area contributed by atoms with Gasteiger partial charge in [-0.3, -0.25) is 4.55 Å². The average molecular weight is 239 g/mol. The fraction of sp³-hybridized carbons (Fsp3) is 0.273.